The molecule has 2 spiro atoms. The van der Waals surface area contributed by atoms with E-state index >= 15 is 0 Å². The third kappa shape index (κ3) is 7.71. The number of carbonyl (C=O) groups excluding carboxylic acids is 1. The number of allylic oxidation sites excluding steroid dienone is 1. The lowest BCUT2D eigenvalue weighted by atomic mass is 9.61. The normalized spacial score (nSPS) is 38.8. The minimum atomic E-state index is -0.923. The summed E-state index contributed by atoms with van der Waals surface area (Å²) < 4.78 is 6.32. The van der Waals surface area contributed by atoms with Gasteiger partial charge in [-0.25, -0.2) is 0 Å². The third-order valence-corrected chi connectivity index (χ3v) is 13.2. The van der Waals surface area contributed by atoms with Crippen molar-refractivity contribution in [3.63, 3.8) is 0 Å². The van der Waals surface area contributed by atoms with Crippen molar-refractivity contribution in [2.75, 3.05) is 33.2 Å². The van der Waals surface area contributed by atoms with Gasteiger partial charge >= 0.3 is 0 Å². The summed E-state index contributed by atoms with van der Waals surface area (Å²) in [5, 5.41) is 0. The summed E-state index contributed by atoms with van der Waals surface area (Å²) in [4.78, 5) is 43.7. The average Bonchev–Trinajstić information content (AvgIpc) is 3.34. The van der Waals surface area contributed by atoms with Crippen molar-refractivity contribution in [3.8, 4) is 5.75 Å². The van der Waals surface area contributed by atoms with E-state index in [0.29, 0.717) is 29.7 Å². The Hall–Kier alpha value is -1.81. The SMILES string of the molecule is CCC1CC2CC(C)CC(C2)C12OOC1(CCC(c3ccc(OC(C)(C)C(=O)C=C4CCCC(N5CCN(C)CC5)CC4)cc3)CC1)OO2. The standard InChI is InChI=1S/C41H62N2O6/c1-6-34-26-31-24-29(2)25-35(27-31)41(34)48-46-40(47-49-41)18-16-33(17-19-40)32-11-14-37(15-12-32)45-39(3,4)38(44)28-30-8-7-9-36(13-10-30)43-22-20-42(5)21-23-43/h11-12,14-15,28-29,31,33-36H,6-10,13,16-27H2,1-5H3. The molecule has 4 aliphatic carbocycles. The van der Waals surface area contributed by atoms with Crippen LogP contribution in [0.1, 0.15) is 129 Å². The molecule has 4 saturated carbocycles. The summed E-state index contributed by atoms with van der Waals surface area (Å²) in [6.07, 6.45) is 16.4. The molecular formula is C41H62N2O6. The first-order valence-electron chi connectivity index (χ1n) is 19.8. The second-order valence-corrected chi connectivity index (χ2v) is 17.2. The van der Waals surface area contributed by atoms with Gasteiger partial charge in [-0.2, -0.15) is 19.6 Å². The van der Waals surface area contributed by atoms with Crippen LogP contribution in [0.5, 0.6) is 5.75 Å². The molecule has 1 aromatic carbocycles. The van der Waals surface area contributed by atoms with Crippen molar-refractivity contribution >= 4 is 5.78 Å². The molecule has 2 aliphatic heterocycles. The molecule has 7 rings (SSSR count). The Morgan fingerprint density at radius 2 is 1.63 bits per heavy atom. The zero-order valence-corrected chi connectivity index (χ0v) is 30.9. The molecule has 8 nitrogen and oxygen atoms in total. The third-order valence-electron chi connectivity index (χ3n) is 13.2. The first-order chi connectivity index (χ1) is 23.6. The molecule has 6 fully saturated rings. The van der Waals surface area contributed by atoms with Gasteiger partial charge in [0.05, 0.1) is 0 Å². The van der Waals surface area contributed by atoms with E-state index in [4.69, 9.17) is 24.3 Å². The van der Waals surface area contributed by atoms with E-state index in [1.807, 2.05) is 32.1 Å². The van der Waals surface area contributed by atoms with Crippen LogP contribution in [0.3, 0.4) is 0 Å². The van der Waals surface area contributed by atoms with Crippen LogP contribution < -0.4 is 4.74 Å². The number of hydrogen-bond acceptors (Lipinski definition) is 8. The van der Waals surface area contributed by atoms with Gasteiger partial charge in [-0.3, -0.25) is 9.69 Å². The summed E-state index contributed by atoms with van der Waals surface area (Å²) in [6.45, 7) is 13.0. The zero-order chi connectivity index (χ0) is 34.2. The van der Waals surface area contributed by atoms with Crippen molar-refractivity contribution in [1.82, 2.24) is 9.80 Å². The average molecular weight is 679 g/mol. The number of ketones is 1. The smallest absolute Gasteiger partial charge is 0.239 e. The lowest BCUT2D eigenvalue weighted by Gasteiger charge is -2.56. The van der Waals surface area contributed by atoms with Gasteiger partial charge in [-0.05, 0) is 139 Å². The van der Waals surface area contributed by atoms with E-state index in [2.05, 4.69) is 42.8 Å². The van der Waals surface area contributed by atoms with E-state index in [0.717, 1.165) is 115 Å². The highest BCUT2D eigenvalue weighted by atomic mass is 17.4. The van der Waals surface area contributed by atoms with Crippen molar-refractivity contribution < 1.29 is 29.1 Å². The molecule has 49 heavy (non-hydrogen) atoms. The Kier molecular flexibility index (Phi) is 10.7. The predicted molar refractivity (Wildman–Crippen MR) is 190 cm³/mol. The van der Waals surface area contributed by atoms with E-state index in [1.54, 1.807) is 0 Å². The first-order valence-corrected chi connectivity index (χ1v) is 19.8. The molecular weight excluding hydrogens is 616 g/mol. The Morgan fingerprint density at radius 1 is 0.918 bits per heavy atom. The molecule has 8 heteroatoms. The Labute approximate surface area is 295 Å². The van der Waals surface area contributed by atoms with Crippen LogP contribution in [0.15, 0.2) is 35.9 Å². The molecule has 5 atom stereocenters. The van der Waals surface area contributed by atoms with Gasteiger partial charge in [-0.1, -0.05) is 31.6 Å². The molecule has 2 bridgehead atoms. The maximum absolute atomic E-state index is 13.5. The second kappa shape index (κ2) is 14.7. The van der Waals surface area contributed by atoms with Gasteiger partial charge in [0.15, 0.2) is 11.4 Å². The number of rotatable bonds is 7. The molecule has 0 N–H and O–H groups in total. The number of hydrogen-bond donors (Lipinski definition) is 0. The minimum Gasteiger partial charge on any atom is -0.480 e. The number of carbonyl (C=O) groups is 1. The van der Waals surface area contributed by atoms with E-state index in [-0.39, 0.29) is 5.78 Å². The second-order valence-electron chi connectivity index (χ2n) is 17.2. The summed E-state index contributed by atoms with van der Waals surface area (Å²) in [5.41, 5.74) is 1.63. The molecule has 5 unspecified atom stereocenters. The summed E-state index contributed by atoms with van der Waals surface area (Å²) in [5.74, 6) is 1.64. The van der Waals surface area contributed by atoms with Crippen molar-refractivity contribution in [2.24, 2.45) is 23.7 Å². The van der Waals surface area contributed by atoms with Crippen LogP contribution in [0.4, 0.5) is 0 Å². The maximum atomic E-state index is 13.5. The van der Waals surface area contributed by atoms with Crippen LogP contribution in [-0.4, -0.2) is 72.0 Å². The fourth-order valence-electron chi connectivity index (χ4n) is 10.2. The highest BCUT2D eigenvalue weighted by Crippen LogP contribution is 2.56. The number of likely N-dealkylation sites (N-methyl/N-ethyl adjacent to an activating group) is 1. The van der Waals surface area contributed by atoms with Gasteiger partial charge in [0, 0.05) is 56.9 Å². The number of ether oxygens (including phenoxy) is 1. The lowest BCUT2D eigenvalue weighted by molar-refractivity contribution is -0.677. The Balaban J connectivity index is 0.896. The molecule has 6 aliphatic rings. The predicted octanol–water partition coefficient (Wildman–Crippen LogP) is 8.36. The Morgan fingerprint density at radius 3 is 2.33 bits per heavy atom. The number of piperazine rings is 1. The van der Waals surface area contributed by atoms with Crippen LogP contribution in [0.2, 0.25) is 0 Å². The van der Waals surface area contributed by atoms with Crippen LogP contribution in [0, 0.1) is 23.7 Å². The number of benzene rings is 1. The number of fused-ring (bicyclic) bond motifs is 3. The summed E-state index contributed by atoms with van der Waals surface area (Å²) in [7, 11) is 2.21. The fourth-order valence-corrected chi connectivity index (χ4v) is 10.2. The van der Waals surface area contributed by atoms with E-state index < -0.39 is 17.2 Å². The molecule has 1 aromatic rings. The van der Waals surface area contributed by atoms with Crippen LogP contribution in [-0.2, 0) is 24.3 Å². The lowest BCUT2D eigenvalue weighted by Crippen LogP contribution is -2.61. The topological polar surface area (TPSA) is 69.7 Å². The largest absolute Gasteiger partial charge is 0.480 e. The Bertz CT molecular complexity index is 1300. The monoisotopic (exact) mass is 678 g/mol. The van der Waals surface area contributed by atoms with Gasteiger partial charge in [-0.15, -0.1) is 0 Å². The maximum Gasteiger partial charge on any atom is 0.239 e. The summed E-state index contributed by atoms with van der Waals surface area (Å²) >= 11 is 0. The quantitative estimate of drug-likeness (QED) is 0.162. The van der Waals surface area contributed by atoms with Crippen LogP contribution in [0.25, 0.3) is 0 Å². The number of nitrogens with zero attached hydrogens (tertiary/aromatic N) is 2. The molecule has 2 saturated heterocycles. The van der Waals surface area contributed by atoms with Gasteiger partial charge in [0.1, 0.15) is 5.75 Å². The highest BCUT2D eigenvalue weighted by molar-refractivity contribution is 5.97. The molecule has 2 heterocycles. The molecule has 272 valence electrons. The summed E-state index contributed by atoms with van der Waals surface area (Å²) in [6, 6.07) is 8.98. The van der Waals surface area contributed by atoms with Crippen molar-refractivity contribution in [3.05, 3.63) is 41.5 Å². The van der Waals surface area contributed by atoms with Crippen LogP contribution >= 0.6 is 0 Å². The van der Waals surface area contributed by atoms with Crippen molar-refractivity contribution in [2.45, 2.75) is 147 Å². The van der Waals surface area contributed by atoms with E-state index in [9.17, 15) is 4.79 Å². The first kappa shape index (κ1) is 35.6. The van der Waals surface area contributed by atoms with E-state index in [1.165, 1.54) is 24.0 Å². The van der Waals surface area contributed by atoms with Gasteiger partial charge in [0.2, 0.25) is 11.6 Å². The van der Waals surface area contributed by atoms with Gasteiger partial charge < -0.3 is 9.64 Å². The zero-order valence-electron chi connectivity index (χ0n) is 30.9. The van der Waals surface area contributed by atoms with Gasteiger partial charge in [0.25, 0.3) is 0 Å². The highest BCUT2D eigenvalue weighted by Gasteiger charge is 2.61. The molecule has 0 amide bonds. The molecule has 0 radical (unpaired) electrons. The van der Waals surface area contributed by atoms with Crippen molar-refractivity contribution in [1.29, 1.82) is 0 Å². The minimum absolute atomic E-state index is 0.0530. The fraction of sp³-hybridized carbons (Fsp3) is 0.780. The molecule has 0 aromatic heterocycles.